The lowest BCUT2D eigenvalue weighted by molar-refractivity contribution is -0.126. The Morgan fingerprint density at radius 3 is 2.96 bits per heavy atom. The quantitative estimate of drug-likeness (QED) is 0.737. The molecule has 1 aliphatic heterocycles. The molecule has 1 atom stereocenters. The molecule has 1 aliphatic rings. The van der Waals surface area contributed by atoms with Crippen LogP contribution in [0.4, 0.5) is 0 Å². The Labute approximate surface area is 152 Å². The summed E-state index contributed by atoms with van der Waals surface area (Å²) in [6.45, 7) is 3.13. The highest BCUT2D eigenvalue weighted by molar-refractivity contribution is 7.89. The maximum Gasteiger partial charge on any atom is 0.244 e. The predicted octanol–water partition coefficient (Wildman–Crippen LogP) is -0.248. The Hall–Kier alpha value is -2.04. The molecule has 0 saturated carbocycles. The molecule has 9 nitrogen and oxygen atoms in total. The normalized spacial score (nSPS) is 19.0. The van der Waals surface area contributed by atoms with Crippen LogP contribution in [0.2, 0.25) is 0 Å². The fourth-order valence-electron chi connectivity index (χ4n) is 3.29. The van der Waals surface area contributed by atoms with E-state index in [2.05, 4.69) is 15.4 Å². The van der Waals surface area contributed by atoms with Gasteiger partial charge in [-0.25, -0.2) is 13.4 Å². The smallest absolute Gasteiger partial charge is 0.244 e. The van der Waals surface area contributed by atoms with E-state index in [1.807, 2.05) is 6.92 Å². The summed E-state index contributed by atoms with van der Waals surface area (Å²) >= 11 is 0. The van der Waals surface area contributed by atoms with Crippen molar-refractivity contribution >= 4 is 27.0 Å². The van der Waals surface area contributed by atoms with Crippen molar-refractivity contribution < 1.29 is 13.2 Å². The van der Waals surface area contributed by atoms with Crippen LogP contribution in [0.5, 0.6) is 0 Å². The van der Waals surface area contributed by atoms with Gasteiger partial charge in [-0.05, 0) is 25.8 Å². The first-order chi connectivity index (χ1) is 12.3. The van der Waals surface area contributed by atoms with Crippen LogP contribution in [-0.2, 0) is 21.9 Å². The maximum atomic E-state index is 13.0. The number of carbonyl (C=O) groups is 1. The summed E-state index contributed by atoms with van der Waals surface area (Å²) in [5.74, 6) is -0.506. The number of fused-ring (bicyclic) bond motifs is 1. The molecule has 10 heteroatoms. The van der Waals surface area contributed by atoms with Crippen molar-refractivity contribution in [2.24, 2.45) is 18.7 Å². The molecule has 1 saturated heterocycles. The van der Waals surface area contributed by atoms with Gasteiger partial charge >= 0.3 is 0 Å². The Morgan fingerprint density at radius 2 is 2.23 bits per heavy atom. The number of sulfonamides is 1. The number of piperidine rings is 1. The van der Waals surface area contributed by atoms with E-state index in [-0.39, 0.29) is 23.3 Å². The van der Waals surface area contributed by atoms with Crippen molar-refractivity contribution in [2.75, 3.05) is 26.2 Å². The zero-order chi connectivity index (χ0) is 18.9. The van der Waals surface area contributed by atoms with Gasteiger partial charge in [0, 0.05) is 44.8 Å². The Balaban J connectivity index is 1.85. The standard InChI is InChI=1S/C16H24N6O3S/c1-11-14-8-13(9-19-15(14)21(2)20-11)26(24,25)22-7-3-4-12(10-22)16(23)18-6-5-17/h8-9,12H,3-7,10,17H2,1-2H3,(H,18,23). The van der Waals surface area contributed by atoms with Crippen LogP contribution < -0.4 is 11.1 Å². The van der Waals surface area contributed by atoms with Crippen LogP contribution in [0.15, 0.2) is 17.2 Å². The number of aryl methyl sites for hydroxylation is 2. The van der Waals surface area contributed by atoms with Gasteiger partial charge in [0.2, 0.25) is 15.9 Å². The van der Waals surface area contributed by atoms with Gasteiger partial charge in [-0.1, -0.05) is 0 Å². The third kappa shape index (κ3) is 3.44. The van der Waals surface area contributed by atoms with E-state index in [0.717, 1.165) is 5.69 Å². The molecule has 3 N–H and O–H groups in total. The number of amides is 1. The van der Waals surface area contributed by atoms with Crippen LogP contribution in [0.3, 0.4) is 0 Å². The minimum absolute atomic E-state index is 0.129. The van der Waals surface area contributed by atoms with Crippen LogP contribution in [-0.4, -0.2) is 59.6 Å². The number of carbonyl (C=O) groups excluding carboxylic acids is 1. The number of pyridine rings is 1. The SMILES string of the molecule is Cc1nn(C)c2ncc(S(=O)(=O)N3CCCC(C(=O)NCCN)C3)cc12. The number of nitrogens with one attached hydrogen (secondary N) is 1. The van der Waals surface area contributed by atoms with E-state index >= 15 is 0 Å². The molecule has 3 rings (SSSR count). The van der Waals surface area contributed by atoms with Crippen molar-refractivity contribution in [1.82, 2.24) is 24.4 Å². The van der Waals surface area contributed by atoms with Gasteiger partial charge in [0.1, 0.15) is 4.90 Å². The molecule has 0 bridgehead atoms. The minimum Gasteiger partial charge on any atom is -0.355 e. The second-order valence-corrected chi connectivity index (χ2v) is 8.47. The lowest BCUT2D eigenvalue weighted by Gasteiger charge is -2.31. The van der Waals surface area contributed by atoms with E-state index < -0.39 is 10.0 Å². The average molecular weight is 380 g/mol. The van der Waals surface area contributed by atoms with Gasteiger partial charge < -0.3 is 11.1 Å². The molecular formula is C16H24N6O3S. The molecule has 3 heterocycles. The van der Waals surface area contributed by atoms with Gasteiger partial charge in [-0.3, -0.25) is 9.48 Å². The average Bonchev–Trinajstić information content (AvgIpc) is 2.93. The maximum absolute atomic E-state index is 13.0. The van der Waals surface area contributed by atoms with Gasteiger partial charge in [0.25, 0.3) is 0 Å². The molecule has 142 valence electrons. The largest absolute Gasteiger partial charge is 0.355 e. The first-order valence-corrected chi connectivity index (χ1v) is 10.1. The number of aromatic nitrogens is 3. The summed E-state index contributed by atoms with van der Waals surface area (Å²) in [6, 6.07) is 1.61. The first kappa shape index (κ1) is 18.7. The summed E-state index contributed by atoms with van der Waals surface area (Å²) in [6.07, 6.45) is 2.67. The molecule has 2 aromatic rings. The van der Waals surface area contributed by atoms with Crippen molar-refractivity contribution in [3.63, 3.8) is 0 Å². The molecule has 0 spiro atoms. The second-order valence-electron chi connectivity index (χ2n) is 6.53. The number of hydrogen-bond acceptors (Lipinski definition) is 6. The van der Waals surface area contributed by atoms with E-state index in [4.69, 9.17) is 5.73 Å². The molecule has 0 aromatic carbocycles. The Morgan fingerprint density at radius 1 is 1.46 bits per heavy atom. The highest BCUT2D eigenvalue weighted by Gasteiger charge is 2.33. The monoisotopic (exact) mass is 380 g/mol. The lowest BCUT2D eigenvalue weighted by Crippen LogP contribution is -2.46. The fraction of sp³-hybridized carbons (Fsp3) is 0.562. The Kier molecular flexibility index (Phi) is 5.26. The summed E-state index contributed by atoms with van der Waals surface area (Å²) in [5.41, 5.74) is 6.77. The van der Waals surface area contributed by atoms with Gasteiger partial charge in [-0.2, -0.15) is 9.40 Å². The van der Waals surface area contributed by atoms with Crippen LogP contribution in [0, 0.1) is 12.8 Å². The number of hydrogen-bond donors (Lipinski definition) is 2. The van der Waals surface area contributed by atoms with Gasteiger partial charge in [-0.15, -0.1) is 0 Å². The van der Waals surface area contributed by atoms with E-state index in [1.165, 1.54) is 10.5 Å². The van der Waals surface area contributed by atoms with Crippen molar-refractivity contribution in [3.8, 4) is 0 Å². The highest BCUT2D eigenvalue weighted by atomic mass is 32.2. The topological polar surface area (TPSA) is 123 Å². The number of rotatable bonds is 5. The van der Waals surface area contributed by atoms with E-state index in [1.54, 1.807) is 17.8 Å². The molecule has 0 aliphatic carbocycles. The summed E-state index contributed by atoms with van der Waals surface area (Å²) < 4.78 is 29.1. The van der Waals surface area contributed by atoms with Gasteiger partial charge in [0.05, 0.1) is 11.6 Å². The molecule has 2 aromatic heterocycles. The third-order valence-corrected chi connectivity index (χ3v) is 6.50. The molecule has 1 amide bonds. The highest BCUT2D eigenvalue weighted by Crippen LogP contribution is 2.26. The zero-order valence-corrected chi connectivity index (χ0v) is 15.8. The van der Waals surface area contributed by atoms with Crippen molar-refractivity contribution in [1.29, 1.82) is 0 Å². The van der Waals surface area contributed by atoms with E-state index in [0.29, 0.717) is 43.5 Å². The lowest BCUT2D eigenvalue weighted by atomic mass is 9.99. The Bertz CT molecular complexity index is 923. The van der Waals surface area contributed by atoms with Crippen molar-refractivity contribution in [3.05, 3.63) is 18.0 Å². The third-order valence-electron chi connectivity index (χ3n) is 4.67. The zero-order valence-electron chi connectivity index (χ0n) is 15.0. The van der Waals surface area contributed by atoms with Gasteiger partial charge in [0.15, 0.2) is 5.65 Å². The molecule has 26 heavy (non-hydrogen) atoms. The van der Waals surface area contributed by atoms with Crippen LogP contribution >= 0.6 is 0 Å². The summed E-state index contributed by atoms with van der Waals surface area (Å²) in [7, 11) is -1.95. The minimum atomic E-state index is -3.72. The summed E-state index contributed by atoms with van der Waals surface area (Å²) in [5, 5.41) is 7.72. The molecular weight excluding hydrogens is 356 g/mol. The predicted molar refractivity (Wildman–Crippen MR) is 96.8 cm³/mol. The first-order valence-electron chi connectivity index (χ1n) is 8.62. The van der Waals surface area contributed by atoms with Crippen LogP contribution in [0.25, 0.3) is 11.0 Å². The van der Waals surface area contributed by atoms with Crippen LogP contribution in [0.1, 0.15) is 18.5 Å². The summed E-state index contributed by atoms with van der Waals surface area (Å²) in [4.78, 5) is 16.6. The fourth-order valence-corrected chi connectivity index (χ4v) is 4.79. The molecule has 1 fully saturated rings. The molecule has 0 radical (unpaired) electrons. The van der Waals surface area contributed by atoms with Crippen molar-refractivity contribution in [2.45, 2.75) is 24.7 Å². The second kappa shape index (κ2) is 7.29. The number of nitrogens with two attached hydrogens (primary N) is 1. The molecule has 1 unspecified atom stereocenters. The van der Waals surface area contributed by atoms with E-state index in [9.17, 15) is 13.2 Å². The number of nitrogens with zero attached hydrogens (tertiary/aromatic N) is 4.